The van der Waals surface area contributed by atoms with Crippen molar-refractivity contribution in [3.63, 3.8) is 0 Å². The van der Waals surface area contributed by atoms with Crippen LogP contribution in [0.1, 0.15) is 40.5 Å². The van der Waals surface area contributed by atoms with Gasteiger partial charge in [0.1, 0.15) is 0 Å². The molecule has 1 saturated carbocycles. The number of methoxy groups -OCH3 is 1. The summed E-state index contributed by atoms with van der Waals surface area (Å²) in [5.41, 5.74) is 2.11. The zero-order valence-electron chi connectivity index (χ0n) is 12.8. The lowest BCUT2D eigenvalue weighted by Gasteiger charge is -2.12. The van der Waals surface area contributed by atoms with Gasteiger partial charge in [-0.05, 0) is 25.8 Å². The van der Waals surface area contributed by atoms with Crippen molar-refractivity contribution < 1.29 is 24.0 Å². The Kier molecular flexibility index (Phi) is 3.99. The number of rotatable bonds is 6. The Bertz CT molecular complexity index is 766. The molecule has 0 bridgehead atoms. The van der Waals surface area contributed by atoms with Crippen molar-refractivity contribution in [2.24, 2.45) is 0 Å². The monoisotopic (exact) mass is 319 g/mol. The van der Waals surface area contributed by atoms with Gasteiger partial charge in [0, 0.05) is 18.7 Å². The average molecular weight is 319 g/mol. The maximum atomic E-state index is 12.5. The first-order valence-electron chi connectivity index (χ1n) is 7.32. The maximum Gasteiger partial charge on any atom is 0.334 e. The lowest BCUT2D eigenvalue weighted by Crippen LogP contribution is -2.38. The zero-order chi connectivity index (χ0) is 16.6. The van der Waals surface area contributed by atoms with Gasteiger partial charge in [-0.15, -0.1) is 0 Å². The van der Waals surface area contributed by atoms with Gasteiger partial charge in [-0.2, -0.15) is 0 Å². The molecule has 1 amide bonds. The molecule has 0 spiro atoms. The van der Waals surface area contributed by atoms with Crippen LogP contribution in [0.15, 0.2) is 10.6 Å². The average Bonchev–Trinajstić information content (AvgIpc) is 3.31. The van der Waals surface area contributed by atoms with E-state index in [0.29, 0.717) is 28.3 Å². The molecule has 1 fully saturated rings. The Labute approximate surface area is 131 Å². The molecule has 1 aliphatic rings. The van der Waals surface area contributed by atoms with Gasteiger partial charge in [0.2, 0.25) is 0 Å². The van der Waals surface area contributed by atoms with Crippen LogP contribution in [-0.4, -0.2) is 46.9 Å². The molecular formula is C15H17N3O5. The number of aryl methyl sites for hydroxylation is 1. The van der Waals surface area contributed by atoms with Gasteiger partial charge < -0.3 is 19.7 Å². The number of nitrogens with zero attached hydrogens (tertiary/aromatic N) is 2. The molecule has 2 aromatic heterocycles. The van der Waals surface area contributed by atoms with Crippen LogP contribution < -0.4 is 5.32 Å². The number of ether oxygens (including phenoxy) is 1. The third-order valence-corrected chi connectivity index (χ3v) is 3.89. The third kappa shape index (κ3) is 3.02. The van der Waals surface area contributed by atoms with Gasteiger partial charge in [0.15, 0.2) is 6.10 Å². The van der Waals surface area contributed by atoms with Gasteiger partial charge in [-0.3, -0.25) is 4.79 Å². The van der Waals surface area contributed by atoms with E-state index in [9.17, 15) is 9.59 Å². The summed E-state index contributed by atoms with van der Waals surface area (Å²) in [5.74, 6) is -1.18. The second-order valence-electron chi connectivity index (χ2n) is 5.59. The summed E-state index contributed by atoms with van der Waals surface area (Å²) >= 11 is 0. The minimum absolute atomic E-state index is 0.127. The van der Waals surface area contributed by atoms with E-state index in [1.807, 2.05) is 0 Å². The molecule has 1 unspecified atom stereocenters. The number of aliphatic carboxylic acids is 1. The molecule has 8 nitrogen and oxygen atoms in total. The maximum absolute atomic E-state index is 12.5. The van der Waals surface area contributed by atoms with Gasteiger partial charge >= 0.3 is 5.97 Å². The van der Waals surface area contributed by atoms with Crippen LogP contribution >= 0.6 is 0 Å². The van der Waals surface area contributed by atoms with Crippen molar-refractivity contribution in [1.82, 2.24) is 15.5 Å². The molecule has 1 atom stereocenters. The van der Waals surface area contributed by atoms with Gasteiger partial charge in [-0.25, -0.2) is 9.78 Å². The summed E-state index contributed by atoms with van der Waals surface area (Å²) < 4.78 is 9.99. The van der Waals surface area contributed by atoms with Crippen molar-refractivity contribution in [2.45, 2.75) is 31.8 Å². The van der Waals surface area contributed by atoms with Crippen LogP contribution in [-0.2, 0) is 9.53 Å². The number of pyridine rings is 1. The number of carbonyl (C=O) groups excluding carboxylic acids is 1. The number of hydrogen-bond acceptors (Lipinski definition) is 6. The van der Waals surface area contributed by atoms with E-state index in [0.717, 1.165) is 18.5 Å². The van der Waals surface area contributed by atoms with Crippen molar-refractivity contribution in [3.8, 4) is 0 Å². The number of hydrogen-bond donors (Lipinski definition) is 2. The third-order valence-electron chi connectivity index (χ3n) is 3.89. The van der Waals surface area contributed by atoms with Gasteiger partial charge in [0.25, 0.3) is 11.6 Å². The summed E-state index contributed by atoms with van der Waals surface area (Å²) in [6.45, 7) is 1.61. The molecule has 0 radical (unpaired) electrons. The van der Waals surface area contributed by atoms with E-state index in [1.165, 1.54) is 7.11 Å². The molecule has 1 aliphatic carbocycles. The molecule has 0 aromatic carbocycles. The van der Waals surface area contributed by atoms with E-state index >= 15 is 0 Å². The fourth-order valence-corrected chi connectivity index (χ4v) is 2.43. The van der Waals surface area contributed by atoms with E-state index in [4.69, 9.17) is 14.4 Å². The fourth-order valence-electron chi connectivity index (χ4n) is 2.43. The van der Waals surface area contributed by atoms with E-state index in [-0.39, 0.29) is 6.54 Å². The Hall–Kier alpha value is -2.48. The van der Waals surface area contributed by atoms with Crippen LogP contribution in [0.4, 0.5) is 0 Å². The second kappa shape index (κ2) is 5.96. The Morgan fingerprint density at radius 1 is 1.52 bits per heavy atom. The normalized spacial score (nSPS) is 15.6. The number of carbonyl (C=O) groups is 2. The number of fused-ring (bicyclic) bond motifs is 1. The number of amides is 1. The molecule has 122 valence electrons. The predicted octanol–water partition coefficient (Wildman–Crippen LogP) is 1.24. The lowest BCUT2D eigenvalue weighted by atomic mass is 10.1. The van der Waals surface area contributed by atoms with E-state index in [2.05, 4.69) is 15.5 Å². The van der Waals surface area contributed by atoms with Crippen molar-refractivity contribution in [1.29, 1.82) is 0 Å². The Balaban J connectivity index is 1.89. The summed E-state index contributed by atoms with van der Waals surface area (Å²) in [4.78, 5) is 27.8. The quantitative estimate of drug-likeness (QED) is 0.823. The van der Waals surface area contributed by atoms with Crippen LogP contribution in [0, 0.1) is 6.92 Å². The summed E-state index contributed by atoms with van der Waals surface area (Å²) in [6.07, 6.45) is 0.984. The predicted molar refractivity (Wildman–Crippen MR) is 79.3 cm³/mol. The summed E-state index contributed by atoms with van der Waals surface area (Å²) in [5, 5.41) is 16.0. The SMILES string of the molecule is COC(CNC(=O)c1cc(C2CC2)nc2onc(C)c12)C(=O)O. The van der Waals surface area contributed by atoms with Gasteiger partial charge in [0.05, 0.1) is 23.2 Å². The number of aromatic nitrogens is 2. The van der Waals surface area contributed by atoms with Crippen LogP contribution in [0.3, 0.4) is 0 Å². The van der Waals surface area contributed by atoms with Gasteiger partial charge in [-0.1, -0.05) is 5.16 Å². The van der Waals surface area contributed by atoms with Crippen molar-refractivity contribution in [2.75, 3.05) is 13.7 Å². The minimum atomic E-state index is -1.13. The number of carboxylic acids is 1. The molecule has 8 heteroatoms. The summed E-state index contributed by atoms with van der Waals surface area (Å²) in [6, 6.07) is 1.74. The van der Waals surface area contributed by atoms with Crippen LogP contribution in [0.5, 0.6) is 0 Å². The molecule has 0 saturated heterocycles. The molecule has 2 N–H and O–H groups in total. The van der Waals surface area contributed by atoms with Crippen molar-refractivity contribution in [3.05, 3.63) is 23.0 Å². The van der Waals surface area contributed by atoms with Crippen molar-refractivity contribution >= 4 is 23.0 Å². The molecule has 2 heterocycles. The first-order valence-corrected chi connectivity index (χ1v) is 7.32. The van der Waals surface area contributed by atoms with E-state index in [1.54, 1.807) is 13.0 Å². The molecule has 3 rings (SSSR count). The minimum Gasteiger partial charge on any atom is -0.479 e. The highest BCUT2D eigenvalue weighted by molar-refractivity contribution is 6.06. The van der Waals surface area contributed by atoms with Crippen LogP contribution in [0.2, 0.25) is 0 Å². The standard InChI is InChI=1S/C15H17N3O5/c1-7-12-9(13(19)16-6-11(22-2)15(20)21)5-10(8-3-4-8)17-14(12)23-18-7/h5,8,11H,3-4,6H2,1-2H3,(H,16,19)(H,20,21). The Morgan fingerprint density at radius 2 is 2.26 bits per heavy atom. The highest BCUT2D eigenvalue weighted by Gasteiger charge is 2.29. The lowest BCUT2D eigenvalue weighted by molar-refractivity contribution is -0.148. The van der Waals surface area contributed by atoms with Crippen LogP contribution in [0.25, 0.3) is 11.1 Å². The topological polar surface area (TPSA) is 115 Å². The molecule has 0 aliphatic heterocycles. The molecular weight excluding hydrogens is 302 g/mol. The molecule has 2 aromatic rings. The highest BCUT2D eigenvalue weighted by Crippen LogP contribution is 2.40. The smallest absolute Gasteiger partial charge is 0.334 e. The number of carboxylic acid groups (broad SMARTS) is 1. The zero-order valence-corrected chi connectivity index (χ0v) is 12.8. The highest BCUT2D eigenvalue weighted by atomic mass is 16.5. The van der Waals surface area contributed by atoms with E-state index < -0.39 is 18.0 Å². The second-order valence-corrected chi connectivity index (χ2v) is 5.59. The Morgan fingerprint density at radius 3 is 2.87 bits per heavy atom. The first-order chi connectivity index (χ1) is 11.0. The summed E-state index contributed by atoms with van der Waals surface area (Å²) in [7, 11) is 1.28. The molecule has 23 heavy (non-hydrogen) atoms. The largest absolute Gasteiger partial charge is 0.479 e. The first kappa shape index (κ1) is 15.4. The fraction of sp³-hybridized carbons (Fsp3) is 0.467. The number of nitrogens with one attached hydrogen (secondary N) is 1.